The summed E-state index contributed by atoms with van der Waals surface area (Å²) < 4.78 is 7.07. The van der Waals surface area contributed by atoms with Gasteiger partial charge in [0.05, 0.1) is 11.7 Å². The summed E-state index contributed by atoms with van der Waals surface area (Å²) in [7, 11) is 1.69. The number of ether oxygens (including phenoxy) is 1. The molecular weight excluding hydrogens is 306 g/mol. The van der Waals surface area contributed by atoms with Crippen LogP contribution in [0.5, 0.6) is 0 Å². The zero-order chi connectivity index (χ0) is 17.9. The Morgan fingerprint density at radius 3 is 2.58 bits per heavy atom. The van der Waals surface area contributed by atoms with Crippen molar-refractivity contribution in [3.63, 3.8) is 0 Å². The van der Waals surface area contributed by atoms with E-state index in [2.05, 4.69) is 5.10 Å². The van der Waals surface area contributed by atoms with Crippen LogP contribution < -0.4 is 5.56 Å². The first-order chi connectivity index (χ1) is 11.2. The molecule has 1 fully saturated rings. The Labute approximate surface area is 144 Å². The summed E-state index contributed by atoms with van der Waals surface area (Å²) >= 11 is 0. The van der Waals surface area contributed by atoms with Crippen molar-refractivity contribution < 1.29 is 9.53 Å². The Morgan fingerprint density at radius 2 is 2.00 bits per heavy atom. The number of nitrogens with one attached hydrogen (secondary N) is 1. The molecule has 1 amide bonds. The number of nitrogens with zero attached hydrogens (tertiary/aromatic N) is 2. The van der Waals surface area contributed by atoms with E-state index >= 15 is 0 Å². The van der Waals surface area contributed by atoms with Crippen LogP contribution >= 0.6 is 0 Å². The molecule has 24 heavy (non-hydrogen) atoms. The molecule has 1 saturated carbocycles. The van der Waals surface area contributed by atoms with Gasteiger partial charge in [-0.05, 0) is 46.5 Å². The average molecular weight is 337 g/mol. The van der Waals surface area contributed by atoms with Crippen molar-refractivity contribution in [3.8, 4) is 0 Å². The van der Waals surface area contributed by atoms with Gasteiger partial charge in [0.15, 0.2) is 0 Å². The number of rotatable bonds is 4. The number of carbonyl (C=O) groups excluding carboxylic acids is 1. The number of hydrogen-bond donors (Lipinski definition) is 1. The lowest BCUT2D eigenvalue weighted by Gasteiger charge is -2.28. The quantitative estimate of drug-likeness (QED) is 0.911. The molecule has 2 rings (SSSR count). The Kier molecular flexibility index (Phi) is 5.78. The minimum absolute atomic E-state index is 0.0278. The van der Waals surface area contributed by atoms with E-state index in [0.717, 1.165) is 12.2 Å². The van der Waals surface area contributed by atoms with E-state index in [1.54, 1.807) is 17.8 Å². The van der Waals surface area contributed by atoms with Crippen LogP contribution in [0.2, 0.25) is 0 Å². The molecule has 0 radical (unpaired) electrons. The first-order valence-electron chi connectivity index (χ1n) is 8.93. The second-order valence-corrected chi connectivity index (χ2v) is 7.93. The van der Waals surface area contributed by atoms with Crippen LogP contribution in [-0.2, 0) is 11.3 Å². The third kappa shape index (κ3) is 4.89. The molecule has 1 N–H and O–H groups in total. The first-order valence-corrected chi connectivity index (χ1v) is 8.93. The molecule has 1 heterocycles. The summed E-state index contributed by atoms with van der Waals surface area (Å²) in [6.07, 6.45) is 5.80. The van der Waals surface area contributed by atoms with Crippen molar-refractivity contribution in [2.45, 2.75) is 78.0 Å². The number of aromatic nitrogens is 2. The van der Waals surface area contributed by atoms with Gasteiger partial charge in [0.2, 0.25) is 0 Å². The fourth-order valence-corrected chi connectivity index (χ4v) is 3.13. The third-order valence-electron chi connectivity index (χ3n) is 4.69. The number of H-pyrrole nitrogens is 1. The molecular formula is C18H31N3O3. The van der Waals surface area contributed by atoms with Crippen molar-refractivity contribution in [2.24, 2.45) is 5.92 Å². The number of aromatic amines is 1. The van der Waals surface area contributed by atoms with Gasteiger partial charge in [-0.25, -0.2) is 4.79 Å². The standard InChI is InChI=1S/C18H31N3O3/c1-13(20(5)17(23)24-18(2,3)4)15-11-16(22)21(19-15)12-14-9-7-6-8-10-14/h11,13-14,19H,6-10,12H2,1-5H3. The molecule has 0 bridgehead atoms. The van der Waals surface area contributed by atoms with Crippen LogP contribution in [0.3, 0.4) is 0 Å². The van der Waals surface area contributed by atoms with Gasteiger partial charge in [0, 0.05) is 19.7 Å². The van der Waals surface area contributed by atoms with E-state index in [1.807, 2.05) is 27.7 Å². The fraction of sp³-hybridized carbons (Fsp3) is 0.778. The van der Waals surface area contributed by atoms with Crippen LogP contribution in [0.1, 0.15) is 71.5 Å². The minimum Gasteiger partial charge on any atom is -0.444 e. The van der Waals surface area contributed by atoms with Crippen molar-refractivity contribution >= 4 is 6.09 Å². The lowest BCUT2D eigenvalue weighted by atomic mass is 9.89. The molecule has 1 unspecified atom stereocenters. The SMILES string of the molecule is CC(c1cc(=O)n(CC2CCCCC2)[nH]1)N(C)C(=O)OC(C)(C)C. The topological polar surface area (TPSA) is 67.3 Å². The van der Waals surface area contributed by atoms with Crippen LogP contribution in [0.15, 0.2) is 10.9 Å². The van der Waals surface area contributed by atoms with Gasteiger partial charge >= 0.3 is 6.09 Å². The summed E-state index contributed by atoms with van der Waals surface area (Å²) in [6.45, 7) is 8.14. The van der Waals surface area contributed by atoms with Crippen molar-refractivity contribution in [1.82, 2.24) is 14.7 Å². The molecule has 0 aromatic carbocycles. The van der Waals surface area contributed by atoms with E-state index in [9.17, 15) is 9.59 Å². The summed E-state index contributed by atoms with van der Waals surface area (Å²) in [5.41, 5.74) is 0.176. The zero-order valence-electron chi connectivity index (χ0n) is 15.6. The number of hydrogen-bond acceptors (Lipinski definition) is 3. The number of carbonyl (C=O) groups is 1. The van der Waals surface area contributed by atoms with Gasteiger partial charge in [-0.15, -0.1) is 0 Å². The molecule has 1 aliphatic carbocycles. The maximum Gasteiger partial charge on any atom is 0.410 e. The highest BCUT2D eigenvalue weighted by atomic mass is 16.6. The monoisotopic (exact) mass is 337 g/mol. The van der Waals surface area contributed by atoms with E-state index in [0.29, 0.717) is 5.92 Å². The predicted molar refractivity (Wildman–Crippen MR) is 94.0 cm³/mol. The van der Waals surface area contributed by atoms with E-state index in [1.165, 1.54) is 37.0 Å². The minimum atomic E-state index is -0.536. The Bertz CT molecular complexity index is 606. The van der Waals surface area contributed by atoms with Crippen molar-refractivity contribution in [1.29, 1.82) is 0 Å². The summed E-state index contributed by atoms with van der Waals surface area (Å²) in [5.74, 6) is 0.571. The van der Waals surface area contributed by atoms with Gasteiger partial charge in [0.1, 0.15) is 5.60 Å². The smallest absolute Gasteiger partial charge is 0.410 e. The molecule has 6 heteroatoms. The van der Waals surface area contributed by atoms with E-state index in [4.69, 9.17) is 4.74 Å². The molecule has 136 valence electrons. The lowest BCUT2D eigenvalue weighted by molar-refractivity contribution is 0.0230. The van der Waals surface area contributed by atoms with Gasteiger partial charge in [0.25, 0.3) is 5.56 Å². The molecule has 1 atom stereocenters. The zero-order valence-corrected chi connectivity index (χ0v) is 15.6. The highest BCUT2D eigenvalue weighted by molar-refractivity contribution is 5.68. The molecule has 0 spiro atoms. The molecule has 1 aliphatic rings. The van der Waals surface area contributed by atoms with Crippen molar-refractivity contribution in [2.75, 3.05) is 7.05 Å². The van der Waals surface area contributed by atoms with Crippen LogP contribution in [0.4, 0.5) is 4.79 Å². The maximum absolute atomic E-state index is 12.2. The average Bonchev–Trinajstić information content (AvgIpc) is 2.86. The Morgan fingerprint density at radius 1 is 1.38 bits per heavy atom. The Balaban J connectivity index is 2.04. The highest BCUT2D eigenvalue weighted by Gasteiger charge is 2.25. The van der Waals surface area contributed by atoms with Crippen LogP contribution in [0, 0.1) is 5.92 Å². The fourth-order valence-electron chi connectivity index (χ4n) is 3.13. The normalized spacial score (nSPS) is 17.5. The van der Waals surface area contributed by atoms with Gasteiger partial charge < -0.3 is 9.64 Å². The van der Waals surface area contributed by atoms with E-state index < -0.39 is 11.7 Å². The van der Waals surface area contributed by atoms with E-state index in [-0.39, 0.29) is 11.6 Å². The summed E-state index contributed by atoms with van der Waals surface area (Å²) in [4.78, 5) is 25.9. The molecule has 0 saturated heterocycles. The van der Waals surface area contributed by atoms with Gasteiger partial charge in [-0.2, -0.15) is 0 Å². The molecule has 0 aliphatic heterocycles. The largest absolute Gasteiger partial charge is 0.444 e. The predicted octanol–water partition coefficient (Wildman–Crippen LogP) is 3.68. The second-order valence-electron chi connectivity index (χ2n) is 7.93. The second kappa shape index (κ2) is 7.45. The first kappa shape index (κ1) is 18.6. The molecule has 6 nitrogen and oxygen atoms in total. The number of amides is 1. The summed E-state index contributed by atoms with van der Waals surface area (Å²) in [6, 6.07) is 1.34. The lowest BCUT2D eigenvalue weighted by Crippen LogP contribution is -2.35. The molecule has 1 aromatic heterocycles. The highest BCUT2D eigenvalue weighted by Crippen LogP contribution is 2.25. The maximum atomic E-state index is 12.2. The van der Waals surface area contributed by atoms with Crippen LogP contribution in [0.25, 0.3) is 0 Å². The van der Waals surface area contributed by atoms with Crippen molar-refractivity contribution in [3.05, 3.63) is 22.1 Å². The van der Waals surface area contributed by atoms with Gasteiger partial charge in [-0.3, -0.25) is 14.6 Å². The Hall–Kier alpha value is -1.72. The van der Waals surface area contributed by atoms with Crippen LogP contribution in [-0.4, -0.2) is 33.4 Å². The molecule has 1 aromatic rings. The summed E-state index contributed by atoms with van der Waals surface area (Å²) in [5, 5.41) is 3.18. The third-order valence-corrected chi connectivity index (χ3v) is 4.69. The van der Waals surface area contributed by atoms with Gasteiger partial charge in [-0.1, -0.05) is 19.3 Å².